The van der Waals surface area contributed by atoms with E-state index >= 15 is 4.39 Å². The van der Waals surface area contributed by atoms with Crippen LogP contribution in [-0.4, -0.2) is 45.1 Å². The van der Waals surface area contributed by atoms with Gasteiger partial charge in [-0.3, -0.25) is 9.59 Å². The summed E-state index contributed by atoms with van der Waals surface area (Å²) in [5, 5.41) is 12.0. The number of aliphatic hydroxyl groups excluding tert-OH is 1. The van der Waals surface area contributed by atoms with E-state index in [4.69, 9.17) is 4.74 Å². The van der Waals surface area contributed by atoms with Gasteiger partial charge in [0.05, 0.1) is 27.6 Å². The Morgan fingerprint density at radius 3 is 2.71 bits per heavy atom. The SMILES string of the molecule is Cc1ccc(C(=O)O[C@]2(C(=O)CSc3nc4ccccc4s3)CCC3C4CCC5=CC(=O)CCC5(C)C4[C@@H](O)CC32C)c(F)c1. The van der Waals surface area contributed by atoms with Crippen molar-refractivity contribution in [3.8, 4) is 0 Å². The smallest absolute Gasteiger partial charge is 0.342 e. The zero-order valence-corrected chi connectivity index (χ0v) is 27.4. The number of para-hydroxylation sites is 1. The minimum absolute atomic E-state index is 0.0222. The van der Waals surface area contributed by atoms with Crippen LogP contribution < -0.4 is 0 Å². The number of aromatic nitrogens is 1. The van der Waals surface area contributed by atoms with Gasteiger partial charge in [0.2, 0.25) is 0 Å². The monoisotopic (exact) mass is 647 g/mol. The van der Waals surface area contributed by atoms with Gasteiger partial charge in [-0.1, -0.05) is 49.4 Å². The summed E-state index contributed by atoms with van der Waals surface area (Å²) in [6.45, 7) is 5.94. The molecular formula is C36H38FNO5S2. The van der Waals surface area contributed by atoms with Gasteiger partial charge in [-0.15, -0.1) is 11.3 Å². The number of carbonyl (C=O) groups is 3. The largest absolute Gasteiger partial charge is 0.447 e. The molecule has 0 saturated heterocycles. The Hall–Kier alpha value is -2.88. The third kappa shape index (κ3) is 4.83. The summed E-state index contributed by atoms with van der Waals surface area (Å²) < 4.78 is 23.2. The lowest BCUT2D eigenvalue weighted by Gasteiger charge is -2.60. The van der Waals surface area contributed by atoms with Crippen LogP contribution in [-0.2, 0) is 14.3 Å². The predicted octanol–water partition coefficient (Wildman–Crippen LogP) is 7.50. The number of halogens is 1. The fraction of sp³-hybridized carbons (Fsp3) is 0.500. The van der Waals surface area contributed by atoms with Gasteiger partial charge < -0.3 is 9.84 Å². The summed E-state index contributed by atoms with van der Waals surface area (Å²) in [4.78, 5) is 45.3. The Morgan fingerprint density at radius 2 is 1.93 bits per heavy atom. The van der Waals surface area contributed by atoms with Crippen LogP contribution >= 0.6 is 23.1 Å². The third-order valence-electron chi connectivity index (χ3n) is 11.7. The van der Waals surface area contributed by atoms with E-state index in [-0.39, 0.29) is 52.5 Å². The lowest BCUT2D eigenvalue weighted by molar-refractivity contribution is -0.180. The second kappa shape index (κ2) is 11.1. The first kappa shape index (κ1) is 30.8. The Morgan fingerprint density at radius 1 is 1.13 bits per heavy atom. The number of Topliss-reactive ketones (excluding diaryl/α,β-unsaturated/α-hetero) is 1. The highest BCUT2D eigenvalue weighted by Crippen LogP contribution is 2.68. The summed E-state index contributed by atoms with van der Waals surface area (Å²) in [5.74, 6) is -1.47. The third-order valence-corrected chi connectivity index (χ3v) is 13.9. The maximum Gasteiger partial charge on any atom is 0.342 e. The number of benzene rings is 2. The van der Waals surface area contributed by atoms with Gasteiger partial charge in [0, 0.05) is 11.8 Å². The number of carbonyl (C=O) groups excluding carboxylic acids is 3. The van der Waals surface area contributed by atoms with Gasteiger partial charge in [0.15, 0.2) is 21.5 Å². The Kier molecular flexibility index (Phi) is 7.61. The molecular weight excluding hydrogens is 610 g/mol. The Balaban J connectivity index is 1.24. The molecule has 4 aliphatic rings. The van der Waals surface area contributed by atoms with E-state index in [1.807, 2.05) is 31.2 Å². The van der Waals surface area contributed by atoms with Gasteiger partial charge in [0.1, 0.15) is 5.82 Å². The molecule has 4 aliphatic carbocycles. The molecule has 0 spiro atoms. The van der Waals surface area contributed by atoms with Crippen LogP contribution in [0.4, 0.5) is 4.39 Å². The Bertz CT molecular complexity index is 1720. The number of aliphatic hydroxyl groups is 1. The molecule has 0 amide bonds. The minimum Gasteiger partial charge on any atom is -0.447 e. The molecule has 3 fully saturated rings. The summed E-state index contributed by atoms with van der Waals surface area (Å²) in [6.07, 6.45) is 5.12. The first-order valence-electron chi connectivity index (χ1n) is 15.9. The van der Waals surface area contributed by atoms with Crippen molar-refractivity contribution in [2.24, 2.45) is 28.6 Å². The highest BCUT2D eigenvalue weighted by Gasteiger charge is 2.70. The van der Waals surface area contributed by atoms with Crippen LogP contribution in [0.25, 0.3) is 10.2 Å². The molecule has 1 aromatic heterocycles. The highest BCUT2D eigenvalue weighted by molar-refractivity contribution is 8.01. The number of esters is 1. The summed E-state index contributed by atoms with van der Waals surface area (Å²) in [7, 11) is 0. The van der Waals surface area contributed by atoms with E-state index in [1.165, 1.54) is 35.2 Å². The molecule has 5 unspecified atom stereocenters. The van der Waals surface area contributed by atoms with Crippen molar-refractivity contribution >= 4 is 50.9 Å². The fourth-order valence-electron chi connectivity index (χ4n) is 9.51. The number of hydrogen-bond donors (Lipinski definition) is 1. The average molecular weight is 648 g/mol. The molecule has 1 heterocycles. The first-order chi connectivity index (χ1) is 21.4. The molecule has 236 valence electrons. The molecule has 7 atom stereocenters. The first-order valence-corrected chi connectivity index (χ1v) is 17.7. The number of fused-ring (bicyclic) bond motifs is 6. The van der Waals surface area contributed by atoms with Crippen molar-refractivity contribution in [1.29, 1.82) is 0 Å². The average Bonchev–Trinajstić information content (AvgIpc) is 3.54. The second-order valence-electron chi connectivity index (χ2n) is 14.0. The molecule has 3 aromatic rings. The van der Waals surface area contributed by atoms with E-state index in [2.05, 4.69) is 11.9 Å². The van der Waals surface area contributed by atoms with Gasteiger partial charge in [-0.2, -0.15) is 0 Å². The zero-order chi connectivity index (χ0) is 31.7. The lowest BCUT2D eigenvalue weighted by Crippen LogP contribution is -2.63. The quantitative estimate of drug-likeness (QED) is 0.219. The molecule has 7 rings (SSSR count). The second-order valence-corrected chi connectivity index (χ2v) is 16.2. The number of thioether (sulfide) groups is 1. The van der Waals surface area contributed by atoms with Crippen LogP contribution in [0.15, 0.2) is 58.5 Å². The number of ether oxygens (including phenoxy) is 1. The maximum atomic E-state index is 15.0. The number of hydrogen-bond acceptors (Lipinski definition) is 8. The minimum atomic E-state index is -1.53. The molecule has 1 N–H and O–H groups in total. The summed E-state index contributed by atoms with van der Waals surface area (Å²) in [6, 6.07) is 12.2. The fourth-order valence-corrected chi connectivity index (χ4v) is 11.5. The van der Waals surface area contributed by atoms with Gasteiger partial charge in [-0.25, -0.2) is 14.2 Å². The van der Waals surface area contributed by atoms with Crippen molar-refractivity contribution in [3.63, 3.8) is 0 Å². The normalized spacial score (nSPS) is 34.1. The number of thiazole rings is 1. The zero-order valence-electron chi connectivity index (χ0n) is 25.8. The molecule has 0 aliphatic heterocycles. The van der Waals surface area contributed by atoms with Crippen LogP contribution in [0.5, 0.6) is 0 Å². The van der Waals surface area contributed by atoms with E-state index < -0.39 is 28.9 Å². The van der Waals surface area contributed by atoms with E-state index in [0.717, 1.165) is 33.0 Å². The van der Waals surface area contributed by atoms with Gasteiger partial charge >= 0.3 is 5.97 Å². The molecule has 0 radical (unpaired) electrons. The number of rotatable bonds is 6. The highest BCUT2D eigenvalue weighted by atomic mass is 32.2. The van der Waals surface area contributed by atoms with Crippen LogP contribution in [0.2, 0.25) is 0 Å². The number of nitrogens with zero attached hydrogens (tertiary/aromatic N) is 1. The summed E-state index contributed by atoms with van der Waals surface area (Å²) >= 11 is 2.85. The van der Waals surface area contributed by atoms with Crippen molar-refractivity contribution in [2.45, 2.75) is 81.8 Å². The number of aryl methyl sites for hydroxylation is 1. The lowest BCUT2D eigenvalue weighted by atomic mass is 9.45. The number of ketones is 2. The standard InChI is InChI=1S/C36H38FNO5S2/c1-20-8-10-24(26(37)16-20)32(42)43-36(30(41)19-44-33-38-27-6-4-5-7-29(27)45-33)15-13-25-23-11-9-21-17-22(39)12-14-34(21,2)31(23)28(40)18-35(25,36)3/h4-8,10,16-17,23,25,28,31,40H,9,11-15,18-19H2,1-3H3/t23?,25?,28-,31?,34?,35?,36-/m0/s1. The Labute approximate surface area is 270 Å². The van der Waals surface area contributed by atoms with E-state index in [9.17, 15) is 19.5 Å². The summed E-state index contributed by atoms with van der Waals surface area (Å²) in [5.41, 5.74) is -0.168. The van der Waals surface area contributed by atoms with Crippen molar-refractivity contribution in [3.05, 3.63) is 71.1 Å². The van der Waals surface area contributed by atoms with Gasteiger partial charge in [0.25, 0.3) is 0 Å². The maximum absolute atomic E-state index is 15.0. The molecule has 6 nitrogen and oxygen atoms in total. The predicted molar refractivity (Wildman–Crippen MR) is 173 cm³/mol. The van der Waals surface area contributed by atoms with Crippen molar-refractivity contribution in [2.75, 3.05) is 5.75 Å². The molecule has 3 saturated carbocycles. The van der Waals surface area contributed by atoms with Gasteiger partial charge in [-0.05, 0) is 105 Å². The molecule has 9 heteroatoms. The molecule has 45 heavy (non-hydrogen) atoms. The molecule has 0 bridgehead atoms. The van der Waals surface area contributed by atoms with E-state index in [1.54, 1.807) is 19.1 Å². The van der Waals surface area contributed by atoms with E-state index in [0.29, 0.717) is 31.2 Å². The topological polar surface area (TPSA) is 93.6 Å². The molecule has 2 aromatic carbocycles. The van der Waals surface area contributed by atoms with Crippen LogP contribution in [0.1, 0.15) is 74.7 Å². The van der Waals surface area contributed by atoms with Crippen molar-refractivity contribution < 1.29 is 28.6 Å². The van der Waals surface area contributed by atoms with Crippen molar-refractivity contribution in [1.82, 2.24) is 4.98 Å². The van der Waals surface area contributed by atoms with Crippen LogP contribution in [0.3, 0.4) is 0 Å². The number of allylic oxidation sites excluding steroid dienone is 1. The van der Waals surface area contributed by atoms with Crippen LogP contribution in [0, 0.1) is 41.3 Å².